The van der Waals surface area contributed by atoms with Crippen LogP contribution in [0.1, 0.15) is 22.9 Å². The zero-order valence-corrected chi connectivity index (χ0v) is 13.5. The molecule has 3 rings (SSSR count). The van der Waals surface area contributed by atoms with Crippen molar-refractivity contribution in [2.75, 3.05) is 18.4 Å². The van der Waals surface area contributed by atoms with Crippen LogP contribution in [0.5, 0.6) is 0 Å². The van der Waals surface area contributed by atoms with Gasteiger partial charge in [0.25, 0.3) is 0 Å². The Morgan fingerprint density at radius 2 is 2.22 bits per heavy atom. The number of nitrogens with one attached hydrogen (secondary N) is 1. The van der Waals surface area contributed by atoms with Crippen LogP contribution in [0.4, 0.5) is 19.0 Å². The first-order valence-corrected chi connectivity index (χ1v) is 8.38. The monoisotopic (exact) mass is 341 g/mol. The van der Waals surface area contributed by atoms with Crippen molar-refractivity contribution in [3.05, 3.63) is 45.8 Å². The molecule has 3 heterocycles. The molecule has 0 fully saturated rings. The fourth-order valence-corrected chi connectivity index (χ4v) is 3.62. The van der Waals surface area contributed by atoms with Gasteiger partial charge >= 0.3 is 6.18 Å². The van der Waals surface area contributed by atoms with Gasteiger partial charge in [-0.1, -0.05) is 0 Å². The molecule has 1 N–H and O–H groups in total. The van der Waals surface area contributed by atoms with E-state index >= 15 is 0 Å². The standard InChI is InChI=1S/C16H18F3N3S/c1-11(22-6-3-14-12(10-22)4-7-23-14)9-21-15-8-13(2-5-20-15)16(17,18)19/h2,4-5,7-8,11H,3,6,9-10H2,1H3,(H,20,21). The number of pyridine rings is 1. The molecule has 1 aliphatic rings. The maximum atomic E-state index is 12.7. The average molecular weight is 341 g/mol. The summed E-state index contributed by atoms with van der Waals surface area (Å²) in [6.07, 6.45) is -2.11. The van der Waals surface area contributed by atoms with Gasteiger partial charge in [0.2, 0.25) is 0 Å². The number of anilines is 1. The Bertz CT molecular complexity index is 669. The van der Waals surface area contributed by atoms with Crippen LogP contribution in [-0.2, 0) is 19.1 Å². The second-order valence-corrected chi connectivity index (χ2v) is 6.75. The van der Waals surface area contributed by atoms with E-state index in [4.69, 9.17) is 0 Å². The van der Waals surface area contributed by atoms with Crippen molar-refractivity contribution in [2.24, 2.45) is 0 Å². The largest absolute Gasteiger partial charge is 0.416 e. The van der Waals surface area contributed by atoms with Crippen molar-refractivity contribution in [1.82, 2.24) is 9.88 Å². The summed E-state index contributed by atoms with van der Waals surface area (Å²) in [6.45, 7) is 4.52. The molecule has 0 bridgehead atoms. The lowest BCUT2D eigenvalue weighted by molar-refractivity contribution is -0.137. The van der Waals surface area contributed by atoms with Crippen LogP contribution in [0.2, 0.25) is 0 Å². The Labute approximate surface area is 137 Å². The topological polar surface area (TPSA) is 28.2 Å². The summed E-state index contributed by atoms with van der Waals surface area (Å²) in [5.74, 6) is 0.264. The molecule has 0 amide bonds. The molecule has 124 valence electrons. The van der Waals surface area contributed by atoms with Gasteiger partial charge in [-0.15, -0.1) is 11.3 Å². The summed E-state index contributed by atoms with van der Waals surface area (Å²) in [5, 5.41) is 5.14. The summed E-state index contributed by atoms with van der Waals surface area (Å²) < 4.78 is 38.1. The first-order chi connectivity index (χ1) is 10.9. The molecule has 7 heteroatoms. The van der Waals surface area contributed by atoms with E-state index < -0.39 is 11.7 Å². The zero-order chi connectivity index (χ0) is 16.4. The molecule has 0 saturated carbocycles. The molecule has 0 spiro atoms. The summed E-state index contributed by atoms with van der Waals surface area (Å²) >= 11 is 1.79. The maximum absolute atomic E-state index is 12.7. The predicted molar refractivity (Wildman–Crippen MR) is 85.6 cm³/mol. The molecule has 1 atom stereocenters. The Kier molecular flexibility index (Phi) is 4.59. The van der Waals surface area contributed by atoms with E-state index in [1.807, 2.05) is 0 Å². The normalized spacial score (nSPS) is 16.9. The first kappa shape index (κ1) is 16.3. The lowest BCUT2D eigenvalue weighted by Crippen LogP contribution is -2.40. The van der Waals surface area contributed by atoms with Gasteiger partial charge in [-0.2, -0.15) is 13.2 Å². The minimum Gasteiger partial charge on any atom is -0.369 e. The molecule has 2 aromatic rings. The summed E-state index contributed by atoms with van der Waals surface area (Å²) in [4.78, 5) is 7.76. The predicted octanol–water partition coefficient (Wildman–Crippen LogP) is 4.02. The Morgan fingerprint density at radius 3 is 3.00 bits per heavy atom. The van der Waals surface area contributed by atoms with Crippen LogP contribution in [0, 0.1) is 0 Å². The van der Waals surface area contributed by atoms with E-state index in [0.717, 1.165) is 31.6 Å². The van der Waals surface area contributed by atoms with Gasteiger partial charge in [-0.3, -0.25) is 4.90 Å². The number of hydrogen-bond acceptors (Lipinski definition) is 4. The zero-order valence-electron chi connectivity index (χ0n) is 12.7. The van der Waals surface area contributed by atoms with Gasteiger partial charge in [0.1, 0.15) is 5.82 Å². The molecular weight excluding hydrogens is 323 g/mol. The van der Waals surface area contributed by atoms with Crippen LogP contribution in [-0.4, -0.2) is 29.0 Å². The SMILES string of the molecule is CC(CNc1cc(C(F)(F)F)ccn1)N1CCc2sccc2C1. The van der Waals surface area contributed by atoms with E-state index in [-0.39, 0.29) is 11.9 Å². The molecule has 0 radical (unpaired) electrons. The fraction of sp³-hybridized carbons (Fsp3) is 0.438. The molecule has 0 aromatic carbocycles. The number of aromatic nitrogens is 1. The van der Waals surface area contributed by atoms with Crippen LogP contribution in [0.15, 0.2) is 29.8 Å². The quantitative estimate of drug-likeness (QED) is 0.910. The highest BCUT2D eigenvalue weighted by atomic mass is 32.1. The van der Waals surface area contributed by atoms with Gasteiger partial charge in [0, 0.05) is 36.8 Å². The average Bonchev–Trinajstić information content (AvgIpc) is 2.99. The van der Waals surface area contributed by atoms with Crippen LogP contribution < -0.4 is 5.32 Å². The van der Waals surface area contributed by atoms with E-state index in [0.29, 0.717) is 6.54 Å². The Morgan fingerprint density at radius 1 is 1.39 bits per heavy atom. The van der Waals surface area contributed by atoms with E-state index in [1.165, 1.54) is 16.6 Å². The highest BCUT2D eigenvalue weighted by Gasteiger charge is 2.30. The minimum atomic E-state index is -4.34. The first-order valence-electron chi connectivity index (χ1n) is 7.50. The third kappa shape index (κ3) is 3.84. The number of nitrogens with zero attached hydrogens (tertiary/aromatic N) is 2. The molecule has 3 nitrogen and oxygen atoms in total. The molecule has 23 heavy (non-hydrogen) atoms. The Hall–Kier alpha value is -1.60. The number of fused-ring (bicyclic) bond motifs is 1. The van der Waals surface area contributed by atoms with E-state index in [9.17, 15) is 13.2 Å². The fourth-order valence-electron chi connectivity index (χ4n) is 2.73. The molecule has 2 aromatic heterocycles. The molecular formula is C16H18F3N3S. The summed E-state index contributed by atoms with van der Waals surface area (Å²) in [5.41, 5.74) is 0.689. The van der Waals surface area contributed by atoms with Crippen LogP contribution in [0.25, 0.3) is 0 Å². The van der Waals surface area contributed by atoms with Crippen molar-refractivity contribution in [1.29, 1.82) is 0 Å². The smallest absolute Gasteiger partial charge is 0.369 e. The summed E-state index contributed by atoms with van der Waals surface area (Å²) in [7, 11) is 0. The molecule has 0 aliphatic carbocycles. The highest BCUT2D eigenvalue weighted by Crippen LogP contribution is 2.30. The van der Waals surface area contributed by atoms with Gasteiger partial charge in [-0.25, -0.2) is 4.98 Å². The van der Waals surface area contributed by atoms with Crippen molar-refractivity contribution < 1.29 is 13.2 Å². The number of thiophene rings is 1. The minimum absolute atomic E-state index is 0.222. The lowest BCUT2D eigenvalue weighted by atomic mass is 10.1. The third-order valence-electron chi connectivity index (χ3n) is 4.13. The van der Waals surface area contributed by atoms with Crippen molar-refractivity contribution in [2.45, 2.75) is 32.1 Å². The van der Waals surface area contributed by atoms with E-state index in [2.05, 4.69) is 33.6 Å². The van der Waals surface area contributed by atoms with Crippen molar-refractivity contribution in [3.8, 4) is 0 Å². The van der Waals surface area contributed by atoms with Crippen LogP contribution >= 0.6 is 11.3 Å². The number of halogens is 3. The number of hydrogen-bond donors (Lipinski definition) is 1. The van der Waals surface area contributed by atoms with Gasteiger partial charge in [0.05, 0.1) is 5.56 Å². The van der Waals surface area contributed by atoms with Gasteiger partial charge < -0.3 is 5.32 Å². The molecule has 1 aliphatic heterocycles. The van der Waals surface area contributed by atoms with Crippen molar-refractivity contribution >= 4 is 17.2 Å². The Balaban J connectivity index is 1.58. The third-order valence-corrected chi connectivity index (χ3v) is 5.15. The lowest BCUT2D eigenvalue weighted by Gasteiger charge is -2.32. The van der Waals surface area contributed by atoms with Gasteiger partial charge in [0.15, 0.2) is 0 Å². The summed E-state index contributed by atoms with van der Waals surface area (Å²) in [6, 6.07) is 4.41. The van der Waals surface area contributed by atoms with Crippen molar-refractivity contribution in [3.63, 3.8) is 0 Å². The number of alkyl halides is 3. The number of rotatable bonds is 4. The van der Waals surface area contributed by atoms with Crippen LogP contribution in [0.3, 0.4) is 0 Å². The second-order valence-electron chi connectivity index (χ2n) is 5.75. The second kappa shape index (κ2) is 6.49. The maximum Gasteiger partial charge on any atom is 0.416 e. The van der Waals surface area contributed by atoms with Gasteiger partial charge in [-0.05, 0) is 42.5 Å². The highest BCUT2D eigenvalue weighted by molar-refractivity contribution is 7.10. The van der Waals surface area contributed by atoms with E-state index in [1.54, 1.807) is 11.3 Å². The molecule has 1 unspecified atom stereocenters. The molecule has 0 saturated heterocycles.